The number of alkyl halides is 12. The van der Waals surface area contributed by atoms with Crippen molar-refractivity contribution >= 4 is 0 Å². The van der Waals surface area contributed by atoms with Gasteiger partial charge in [-0.3, -0.25) is 0 Å². The van der Waals surface area contributed by atoms with Crippen molar-refractivity contribution in [1.82, 2.24) is 0 Å². The van der Waals surface area contributed by atoms with E-state index in [2.05, 4.69) is 9.47 Å². The zero-order valence-corrected chi connectivity index (χ0v) is 16.9. The van der Waals surface area contributed by atoms with E-state index in [-0.39, 0.29) is 32.8 Å². The van der Waals surface area contributed by atoms with Gasteiger partial charge in [0, 0.05) is 25.3 Å². The van der Waals surface area contributed by atoms with Crippen LogP contribution in [0.25, 0.3) is 0 Å². The molecule has 0 bridgehead atoms. The van der Waals surface area contributed by atoms with Crippen LogP contribution in [0.15, 0.2) is 18.2 Å². The summed E-state index contributed by atoms with van der Waals surface area (Å²) >= 11 is 0. The number of methoxy groups -OCH3 is 2. The molecule has 186 valence electrons. The van der Waals surface area contributed by atoms with Crippen molar-refractivity contribution in [2.45, 2.75) is 62.1 Å². The molecule has 1 atom stereocenters. The Kier molecular flexibility index (Phi) is 7.60. The summed E-state index contributed by atoms with van der Waals surface area (Å²) < 4.78 is 171. The molecule has 14 heteroatoms. The lowest BCUT2D eigenvalue weighted by Gasteiger charge is -2.39. The highest BCUT2D eigenvalue weighted by Crippen LogP contribution is 2.56. The van der Waals surface area contributed by atoms with Gasteiger partial charge < -0.3 is 9.47 Å². The molecule has 0 aliphatic rings. The third kappa shape index (κ3) is 4.27. The van der Waals surface area contributed by atoms with Crippen LogP contribution in [0.5, 0.6) is 0 Å². The molecule has 0 N–H and O–H groups in total. The summed E-state index contributed by atoms with van der Waals surface area (Å²) in [6, 6.07) is -0.0224. The van der Waals surface area contributed by atoms with Crippen molar-refractivity contribution in [3.8, 4) is 0 Å². The second kappa shape index (κ2) is 8.58. The molecule has 0 fully saturated rings. The maximum absolute atomic E-state index is 13.6. The van der Waals surface area contributed by atoms with Crippen molar-refractivity contribution in [2.24, 2.45) is 0 Å². The lowest BCUT2D eigenvalue weighted by Crippen LogP contribution is -2.57. The molecule has 1 unspecified atom stereocenters. The highest BCUT2D eigenvalue weighted by Gasteiger charge is 2.75. The highest BCUT2D eigenvalue weighted by atomic mass is 19.4. The minimum Gasteiger partial charge on any atom is -0.357 e. The predicted molar refractivity (Wildman–Crippen MR) is 86.7 cm³/mol. The van der Waals surface area contributed by atoms with Gasteiger partial charge in [0.15, 0.2) is 0 Å². The highest BCUT2D eigenvalue weighted by molar-refractivity contribution is 5.41. The average Bonchev–Trinajstić information content (AvgIpc) is 2.57. The second-order valence-electron chi connectivity index (χ2n) is 6.91. The maximum atomic E-state index is 13.6. The molecule has 0 amide bonds. The summed E-state index contributed by atoms with van der Waals surface area (Å²) in [5, 5.41) is 0. The third-order valence-corrected chi connectivity index (χ3v) is 5.16. The zero-order valence-electron chi connectivity index (χ0n) is 16.9. The molecule has 0 aromatic heterocycles. The van der Waals surface area contributed by atoms with Gasteiger partial charge in [0.1, 0.15) is 0 Å². The fourth-order valence-electron chi connectivity index (χ4n) is 3.25. The molecule has 0 saturated heterocycles. The van der Waals surface area contributed by atoms with E-state index in [1.165, 1.54) is 13.8 Å². The van der Waals surface area contributed by atoms with Crippen LogP contribution in [0.2, 0.25) is 0 Å². The first-order valence-corrected chi connectivity index (χ1v) is 8.71. The Hall–Kier alpha value is -1.70. The molecule has 32 heavy (non-hydrogen) atoms. The molecule has 0 spiro atoms. The van der Waals surface area contributed by atoms with Crippen LogP contribution in [-0.4, -0.2) is 38.9 Å². The van der Waals surface area contributed by atoms with Crippen molar-refractivity contribution in [2.75, 3.05) is 14.2 Å². The lowest BCUT2D eigenvalue weighted by atomic mass is 9.81. The zero-order chi connectivity index (χ0) is 25.6. The van der Waals surface area contributed by atoms with Gasteiger partial charge in [-0.1, -0.05) is 26.0 Å². The fourth-order valence-corrected chi connectivity index (χ4v) is 3.25. The van der Waals surface area contributed by atoms with Gasteiger partial charge in [0.25, 0.3) is 11.2 Å². The monoisotopic (exact) mass is 494 g/mol. The van der Waals surface area contributed by atoms with Gasteiger partial charge in [0.2, 0.25) is 0 Å². The Bertz CT molecular complexity index is 703. The molecule has 0 saturated carbocycles. The van der Waals surface area contributed by atoms with E-state index in [4.69, 9.17) is 0 Å². The van der Waals surface area contributed by atoms with Crippen LogP contribution in [0.1, 0.15) is 42.9 Å². The predicted octanol–water partition coefficient (Wildman–Crippen LogP) is 7.13. The summed E-state index contributed by atoms with van der Waals surface area (Å²) in [6.45, 7) is 2.58. The van der Waals surface area contributed by atoms with Gasteiger partial charge >= 0.3 is 24.7 Å². The molecule has 1 aromatic rings. The van der Waals surface area contributed by atoms with Gasteiger partial charge in [-0.25, -0.2) is 0 Å². The minimum absolute atomic E-state index is 0.00629. The Morgan fingerprint density at radius 3 is 1.09 bits per heavy atom. The van der Waals surface area contributed by atoms with Crippen molar-refractivity contribution in [3.63, 3.8) is 0 Å². The summed E-state index contributed by atoms with van der Waals surface area (Å²) in [5.41, 5.74) is -15.0. The van der Waals surface area contributed by atoms with E-state index in [9.17, 15) is 52.7 Å². The van der Waals surface area contributed by atoms with Crippen LogP contribution in [0.3, 0.4) is 0 Å². The Labute approximate surface area is 174 Å². The number of hydrogen-bond donors (Lipinski definition) is 0. The van der Waals surface area contributed by atoms with Gasteiger partial charge in [-0.2, -0.15) is 52.7 Å². The normalized spacial score (nSPS) is 15.8. The largest absolute Gasteiger partial charge is 0.430 e. The van der Waals surface area contributed by atoms with E-state index in [1.807, 2.05) is 0 Å². The molecule has 1 aromatic carbocycles. The second-order valence-corrected chi connectivity index (χ2v) is 6.91. The molecule has 2 nitrogen and oxygen atoms in total. The van der Waals surface area contributed by atoms with Gasteiger partial charge in [-0.05, 0) is 24.0 Å². The van der Waals surface area contributed by atoms with Crippen LogP contribution in [-0.2, 0) is 20.7 Å². The minimum atomic E-state index is -6.29. The smallest absolute Gasteiger partial charge is 0.357 e. The first-order chi connectivity index (χ1) is 14.2. The average molecular weight is 494 g/mol. The van der Waals surface area contributed by atoms with Crippen LogP contribution in [0.4, 0.5) is 52.7 Å². The summed E-state index contributed by atoms with van der Waals surface area (Å²) in [6.07, 6.45) is -25.2. The van der Waals surface area contributed by atoms with E-state index in [0.29, 0.717) is 0 Å². The first kappa shape index (κ1) is 28.3. The first-order valence-electron chi connectivity index (χ1n) is 8.71. The lowest BCUT2D eigenvalue weighted by molar-refractivity contribution is -0.385. The van der Waals surface area contributed by atoms with Gasteiger partial charge in [0.05, 0.1) is 0 Å². The molecular weight excluding hydrogens is 476 g/mol. The molecule has 0 aliphatic heterocycles. The Balaban J connectivity index is 4.29. The Morgan fingerprint density at radius 2 is 0.906 bits per heavy atom. The van der Waals surface area contributed by atoms with Gasteiger partial charge in [-0.15, -0.1) is 0 Å². The van der Waals surface area contributed by atoms with Crippen LogP contribution < -0.4 is 0 Å². The molecule has 1 rings (SSSR count). The van der Waals surface area contributed by atoms with Crippen molar-refractivity contribution < 1.29 is 62.2 Å². The Morgan fingerprint density at radius 1 is 0.625 bits per heavy atom. The van der Waals surface area contributed by atoms with Crippen molar-refractivity contribution in [1.29, 1.82) is 0 Å². The molecular formula is C18H18F12O2. The number of rotatable bonds is 6. The maximum Gasteiger partial charge on any atom is 0.430 e. The standard InChI is InChI=1S/C18H18F12O2/c1-5-9(2)10-6-11(13(31-3,15(19,20)21)16(22,23)24)8-12(7-10)14(32-4,17(25,26)27)18(28,29)30/h6-9H,5H2,1-4H3. The number of ether oxygens (including phenoxy) is 2. The molecule has 0 radical (unpaired) electrons. The van der Waals surface area contributed by atoms with E-state index in [0.717, 1.165) is 0 Å². The topological polar surface area (TPSA) is 18.5 Å². The van der Waals surface area contributed by atoms with Crippen LogP contribution in [0, 0.1) is 0 Å². The van der Waals surface area contributed by atoms with Crippen LogP contribution >= 0.6 is 0 Å². The SMILES string of the molecule is CCC(C)c1cc(C(OC)(C(F)(F)F)C(F)(F)F)cc(C(OC)(C(F)(F)F)C(F)(F)F)c1. The molecule has 0 aliphatic carbocycles. The van der Waals surface area contributed by atoms with E-state index in [1.54, 1.807) is 0 Å². The number of benzene rings is 1. The van der Waals surface area contributed by atoms with E-state index >= 15 is 0 Å². The summed E-state index contributed by atoms with van der Waals surface area (Å²) in [7, 11) is -0.0126. The third-order valence-electron chi connectivity index (χ3n) is 5.16. The molecule has 0 heterocycles. The summed E-state index contributed by atoms with van der Waals surface area (Å²) in [5.74, 6) is -1.01. The fraction of sp³-hybridized carbons (Fsp3) is 0.667. The quantitative estimate of drug-likeness (QED) is 0.392. The number of halogens is 12. The summed E-state index contributed by atoms with van der Waals surface area (Å²) in [4.78, 5) is 0. The number of hydrogen-bond acceptors (Lipinski definition) is 2. The van der Waals surface area contributed by atoms with E-state index < -0.39 is 64.6 Å². The van der Waals surface area contributed by atoms with Crippen molar-refractivity contribution in [3.05, 3.63) is 34.9 Å².